The molecule has 1 amide bonds. The van der Waals surface area contributed by atoms with Gasteiger partial charge < -0.3 is 29.6 Å². The Kier molecular flexibility index (Phi) is 9.47. The van der Waals surface area contributed by atoms with E-state index in [2.05, 4.69) is 21.7 Å². The van der Waals surface area contributed by atoms with Gasteiger partial charge in [0.2, 0.25) is 0 Å². The minimum absolute atomic E-state index is 0.0388. The molecule has 1 aromatic heterocycles. The molecule has 42 heavy (non-hydrogen) atoms. The topological polar surface area (TPSA) is 115 Å². The molecular formula is C32H31ClN4O5. The molecule has 0 atom stereocenters. The SMILES string of the molecule is COc1cc2c(Nc3ccc(Oc4cccc(OCC(=O)NC5CCC5)c4)cc3)c(C#N)cnc2cc1OCCCCl. The van der Waals surface area contributed by atoms with E-state index in [1.165, 1.54) is 6.20 Å². The fourth-order valence-corrected chi connectivity index (χ4v) is 4.52. The third-order valence-corrected chi connectivity index (χ3v) is 7.08. The number of nitriles is 1. The van der Waals surface area contributed by atoms with E-state index < -0.39 is 0 Å². The first-order valence-corrected chi connectivity index (χ1v) is 14.3. The summed E-state index contributed by atoms with van der Waals surface area (Å²) in [6, 6.07) is 20.6. The van der Waals surface area contributed by atoms with Crippen molar-refractivity contribution in [1.82, 2.24) is 10.3 Å². The van der Waals surface area contributed by atoms with E-state index in [0.717, 1.165) is 24.9 Å². The normalized spacial score (nSPS) is 12.6. The fraction of sp³-hybridized carbons (Fsp3) is 0.281. The number of anilines is 2. The molecule has 5 rings (SSSR count). The number of fused-ring (bicyclic) bond motifs is 1. The number of halogens is 1. The van der Waals surface area contributed by atoms with Crippen molar-refractivity contribution in [2.24, 2.45) is 0 Å². The lowest BCUT2D eigenvalue weighted by atomic mass is 9.93. The van der Waals surface area contributed by atoms with Crippen LogP contribution in [0.2, 0.25) is 0 Å². The predicted octanol–water partition coefficient (Wildman–Crippen LogP) is 6.71. The highest BCUT2D eigenvalue weighted by molar-refractivity contribution is 6.17. The molecule has 216 valence electrons. The standard InChI is InChI=1S/C32H31ClN4O5/c1-39-29-16-27-28(17-30(29)40-14-4-13-33)35-19-21(18-34)32(27)37-23-9-11-24(12-10-23)42-26-8-3-7-25(15-26)41-20-31(38)36-22-5-2-6-22/h3,7-12,15-17,19,22H,2,4-6,13-14,20H2,1H3,(H,35,37)(H,36,38). The molecule has 1 heterocycles. The van der Waals surface area contributed by atoms with Crippen LogP contribution in [0.5, 0.6) is 28.7 Å². The highest BCUT2D eigenvalue weighted by atomic mass is 35.5. The van der Waals surface area contributed by atoms with Crippen LogP contribution in [0.1, 0.15) is 31.2 Å². The molecule has 3 aromatic carbocycles. The van der Waals surface area contributed by atoms with Crippen LogP contribution < -0.4 is 29.6 Å². The van der Waals surface area contributed by atoms with Gasteiger partial charge in [0.05, 0.1) is 30.5 Å². The maximum Gasteiger partial charge on any atom is 0.258 e. The molecule has 1 aliphatic carbocycles. The summed E-state index contributed by atoms with van der Waals surface area (Å²) in [5.74, 6) is 3.21. The predicted molar refractivity (Wildman–Crippen MR) is 161 cm³/mol. The van der Waals surface area contributed by atoms with E-state index in [0.29, 0.717) is 69.8 Å². The summed E-state index contributed by atoms with van der Waals surface area (Å²) in [6.45, 7) is 0.416. The van der Waals surface area contributed by atoms with Gasteiger partial charge in [0.15, 0.2) is 18.1 Å². The van der Waals surface area contributed by atoms with Gasteiger partial charge in [0.25, 0.3) is 5.91 Å². The Morgan fingerprint density at radius 1 is 1.05 bits per heavy atom. The number of benzene rings is 3. The third kappa shape index (κ3) is 7.14. The lowest BCUT2D eigenvalue weighted by Crippen LogP contribution is -2.41. The van der Waals surface area contributed by atoms with E-state index in [1.807, 2.05) is 42.5 Å². The lowest BCUT2D eigenvalue weighted by molar-refractivity contribution is -0.124. The Balaban J connectivity index is 1.27. The number of carbonyl (C=O) groups excluding carboxylic acids is 1. The van der Waals surface area contributed by atoms with Crippen molar-refractivity contribution in [3.8, 4) is 34.8 Å². The second-order valence-corrected chi connectivity index (χ2v) is 10.2. The zero-order valence-corrected chi connectivity index (χ0v) is 23.9. The maximum atomic E-state index is 12.1. The van der Waals surface area contributed by atoms with E-state index in [9.17, 15) is 10.1 Å². The summed E-state index contributed by atoms with van der Waals surface area (Å²) in [4.78, 5) is 16.5. The second kappa shape index (κ2) is 13.8. The van der Waals surface area contributed by atoms with Gasteiger partial charge in [0.1, 0.15) is 23.3 Å². The number of nitrogens with zero attached hydrogens (tertiary/aromatic N) is 2. The molecular weight excluding hydrogens is 556 g/mol. The summed E-state index contributed by atoms with van der Waals surface area (Å²) in [5.41, 5.74) is 2.40. The Hall–Kier alpha value is -4.68. The molecule has 0 unspecified atom stereocenters. The van der Waals surface area contributed by atoms with Gasteiger partial charge in [-0.25, -0.2) is 0 Å². The summed E-state index contributed by atoms with van der Waals surface area (Å²) in [7, 11) is 1.57. The van der Waals surface area contributed by atoms with E-state index >= 15 is 0 Å². The highest BCUT2D eigenvalue weighted by Crippen LogP contribution is 2.37. The molecule has 0 spiro atoms. The molecule has 1 aliphatic rings. The largest absolute Gasteiger partial charge is 0.493 e. The molecule has 1 saturated carbocycles. The van der Waals surface area contributed by atoms with Crippen molar-refractivity contribution in [1.29, 1.82) is 5.26 Å². The first kappa shape index (κ1) is 28.8. The van der Waals surface area contributed by atoms with Crippen LogP contribution in [0.4, 0.5) is 11.4 Å². The summed E-state index contributed by atoms with van der Waals surface area (Å²) in [5, 5.41) is 16.8. The van der Waals surface area contributed by atoms with Crippen LogP contribution in [0.25, 0.3) is 10.9 Å². The van der Waals surface area contributed by atoms with Gasteiger partial charge in [-0.2, -0.15) is 5.26 Å². The number of carbonyl (C=O) groups is 1. The van der Waals surface area contributed by atoms with Gasteiger partial charge in [-0.15, -0.1) is 11.6 Å². The number of ether oxygens (including phenoxy) is 4. The van der Waals surface area contributed by atoms with Crippen molar-refractivity contribution in [2.75, 3.05) is 31.5 Å². The van der Waals surface area contributed by atoms with Crippen molar-refractivity contribution < 1.29 is 23.7 Å². The van der Waals surface area contributed by atoms with Crippen LogP contribution >= 0.6 is 11.6 Å². The van der Waals surface area contributed by atoms with Crippen LogP contribution in [0, 0.1) is 11.3 Å². The van der Waals surface area contributed by atoms with Crippen LogP contribution in [-0.4, -0.2) is 43.1 Å². The smallest absolute Gasteiger partial charge is 0.258 e. The molecule has 2 N–H and O–H groups in total. The summed E-state index contributed by atoms with van der Waals surface area (Å²) >= 11 is 5.78. The Labute approximate surface area is 249 Å². The summed E-state index contributed by atoms with van der Waals surface area (Å²) in [6.07, 6.45) is 5.45. The van der Waals surface area contributed by atoms with Crippen LogP contribution in [0.3, 0.4) is 0 Å². The van der Waals surface area contributed by atoms with Crippen LogP contribution in [0.15, 0.2) is 66.9 Å². The minimum Gasteiger partial charge on any atom is -0.493 e. The Morgan fingerprint density at radius 3 is 2.57 bits per heavy atom. The quantitative estimate of drug-likeness (QED) is 0.131. The number of methoxy groups -OCH3 is 1. The molecule has 0 radical (unpaired) electrons. The first-order chi connectivity index (χ1) is 20.6. The van der Waals surface area contributed by atoms with Crippen molar-refractivity contribution in [3.63, 3.8) is 0 Å². The molecule has 10 heteroatoms. The monoisotopic (exact) mass is 586 g/mol. The van der Waals surface area contributed by atoms with Gasteiger partial charge in [-0.3, -0.25) is 9.78 Å². The number of aromatic nitrogens is 1. The van der Waals surface area contributed by atoms with E-state index in [1.54, 1.807) is 25.3 Å². The Morgan fingerprint density at radius 2 is 1.86 bits per heavy atom. The number of nitrogens with one attached hydrogen (secondary N) is 2. The van der Waals surface area contributed by atoms with E-state index in [4.69, 9.17) is 30.5 Å². The molecule has 0 bridgehead atoms. The van der Waals surface area contributed by atoms with Gasteiger partial charge in [0, 0.05) is 41.3 Å². The summed E-state index contributed by atoms with van der Waals surface area (Å²) < 4.78 is 23.0. The zero-order valence-electron chi connectivity index (χ0n) is 23.2. The fourth-order valence-electron chi connectivity index (χ4n) is 4.41. The zero-order chi connectivity index (χ0) is 29.3. The number of hydrogen-bond acceptors (Lipinski definition) is 8. The van der Waals surface area contributed by atoms with Gasteiger partial charge in [-0.05, 0) is 68.1 Å². The number of hydrogen-bond donors (Lipinski definition) is 2. The molecule has 0 aliphatic heterocycles. The number of rotatable bonds is 13. The van der Waals surface area contributed by atoms with E-state index in [-0.39, 0.29) is 18.6 Å². The minimum atomic E-state index is -0.120. The number of pyridine rings is 1. The molecule has 9 nitrogen and oxygen atoms in total. The second-order valence-electron chi connectivity index (χ2n) is 9.78. The molecule has 4 aromatic rings. The Bertz CT molecular complexity index is 1580. The van der Waals surface area contributed by atoms with Crippen molar-refractivity contribution >= 4 is 39.8 Å². The average molecular weight is 587 g/mol. The van der Waals surface area contributed by atoms with Crippen LogP contribution in [-0.2, 0) is 4.79 Å². The number of alkyl halides is 1. The van der Waals surface area contributed by atoms with Gasteiger partial charge >= 0.3 is 0 Å². The third-order valence-electron chi connectivity index (χ3n) is 6.81. The lowest BCUT2D eigenvalue weighted by Gasteiger charge is -2.26. The average Bonchev–Trinajstić information content (AvgIpc) is 2.99. The first-order valence-electron chi connectivity index (χ1n) is 13.7. The molecule has 1 fully saturated rings. The van der Waals surface area contributed by atoms with Gasteiger partial charge in [-0.1, -0.05) is 6.07 Å². The molecule has 0 saturated heterocycles. The van der Waals surface area contributed by atoms with Crippen molar-refractivity contribution in [2.45, 2.75) is 31.7 Å². The van der Waals surface area contributed by atoms with Crippen molar-refractivity contribution in [3.05, 3.63) is 72.4 Å². The maximum absolute atomic E-state index is 12.1. The number of amides is 1. The highest BCUT2D eigenvalue weighted by Gasteiger charge is 2.19.